The number of hydrogen-bond acceptors (Lipinski definition) is 6. The predicted molar refractivity (Wildman–Crippen MR) is 88.1 cm³/mol. The minimum Gasteiger partial charge on any atom is -0.495 e. The van der Waals surface area contributed by atoms with E-state index >= 15 is 0 Å². The van der Waals surface area contributed by atoms with Gasteiger partial charge in [-0.2, -0.15) is 8.42 Å². The van der Waals surface area contributed by atoms with E-state index in [0.29, 0.717) is 11.1 Å². The van der Waals surface area contributed by atoms with Crippen molar-refractivity contribution >= 4 is 15.8 Å². The molecule has 0 aromatic heterocycles. The van der Waals surface area contributed by atoms with Gasteiger partial charge in [0.1, 0.15) is 16.4 Å². The Balaban J connectivity index is 2.53. The summed E-state index contributed by atoms with van der Waals surface area (Å²) >= 11 is 0. The number of non-ortho nitro benzene ring substituents is 1. The minimum atomic E-state index is -4.21. The van der Waals surface area contributed by atoms with E-state index in [9.17, 15) is 18.5 Å². The number of nitro benzene ring substituents is 1. The van der Waals surface area contributed by atoms with Crippen LogP contribution >= 0.6 is 0 Å². The molecule has 24 heavy (non-hydrogen) atoms. The summed E-state index contributed by atoms with van der Waals surface area (Å²) in [5.41, 5.74) is 2.00. The fourth-order valence-electron chi connectivity index (χ4n) is 2.18. The summed E-state index contributed by atoms with van der Waals surface area (Å²) in [5.74, 6) is 0.0996. The molecule has 0 atom stereocenters. The van der Waals surface area contributed by atoms with Crippen molar-refractivity contribution < 1.29 is 22.3 Å². The second-order valence-electron chi connectivity index (χ2n) is 5.28. The maximum absolute atomic E-state index is 12.6. The molecule has 2 rings (SSSR count). The molecule has 0 radical (unpaired) electrons. The van der Waals surface area contributed by atoms with Gasteiger partial charge in [-0.3, -0.25) is 10.1 Å². The van der Waals surface area contributed by atoms with E-state index in [1.165, 1.54) is 7.11 Å². The normalized spacial score (nSPS) is 11.2. The molecule has 2 aromatic rings. The first-order valence-electron chi connectivity index (χ1n) is 7.01. The first-order chi connectivity index (χ1) is 11.2. The molecule has 8 heteroatoms. The van der Waals surface area contributed by atoms with Crippen molar-refractivity contribution in [3.8, 4) is 11.5 Å². The molecular formula is C16H17NO6S. The molecular weight excluding hydrogens is 334 g/mol. The number of ether oxygens (including phenoxy) is 1. The predicted octanol–water partition coefficient (Wildman–Crippen LogP) is 3.30. The zero-order valence-electron chi connectivity index (χ0n) is 13.7. The van der Waals surface area contributed by atoms with E-state index in [4.69, 9.17) is 8.92 Å². The molecule has 0 spiro atoms. The van der Waals surface area contributed by atoms with Gasteiger partial charge in [-0.1, -0.05) is 12.1 Å². The van der Waals surface area contributed by atoms with Crippen LogP contribution in [0.15, 0.2) is 35.2 Å². The first kappa shape index (κ1) is 17.7. The molecule has 0 heterocycles. The van der Waals surface area contributed by atoms with E-state index in [-0.39, 0.29) is 22.1 Å². The van der Waals surface area contributed by atoms with Crippen LogP contribution in [-0.4, -0.2) is 20.5 Å². The molecule has 2 aromatic carbocycles. The summed E-state index contributed by atoms with van der Waals surface area (Å²) in [6, 6.07) is 6.88. The Morgan fingerprint density at radius 1 is 1.04 bits per heavy atom. The number of aryl methyl sites for hydroxylation is 2. The van der Waals surface area contributed by atoms with Crippen molar-refractivity contribution in [1.82, 2.24) is 0 Å². The van der Waals surface area contributed by atoms with Crippen LogP contribution in [0.1, 0.15) is 16.7 Å². The van der Waals surface area contributed by atoms with E-state index in [0.717, 1.165) is 23.8 Å². The zero-order valence-corrected chi connectivity index (χ0v) is 14.5. The Bertz CT molecular complexity index is 905. The summed E-state index contributed by atoms with van der Waals surface area (Å²) < 4.78 is 35.5. The Morgan fingerprint density at radius 2 is 1.67 bits per heavy atom. The maximum Gasteiger partial charge on any atom is 0.342 e. The summed E-state index contributed by atoms with van der Waals surface area (Å²) in [6.07, 6.45) is 0. The van der Waals surface area contributed by atoms with Gasteiger partial charge in [-0.25, -0.2) is 0 Å². The third kappa shape index (κ3) is 3.33. The fourth-order valence-corrected chi connectivity index (χ4v) is 3.37. The number of nitro groups is 1. The highest BCUT2D eigenvalue weighted by Crippen LogP contribution is 2.33. The number of nitrogens with zero attached hydrogens (tertiary/aromatic N) is 1. The lowest BCUT2D eigenvalue weighted by Crippen LogP contribution is -2.13. The molecule has 0 saturated carbocycles. The van der Waals surface area contributed by atoms with Gasteiger partial charge in [-0.15, -0.1) is 0 Å². The van der Waals surface area contributed by atoms with Crippen LogP contribution in [0, 0.1) is 30.9 Å². The third-order valence-electron chi connectivity index (χ3n) is 3.69. The van der Waals surface area contributed by atoms with E-state index < -0.39 is 15.0 Å². The van der Waals surface area contributed by atoms with Crippen LogP contribution in [0.5, 0.6) is 11.5 Å². The molecule has 0 unspecified atom stereocenters. The number of benzene rings is 2. The Morgan fingerprint density at radius 3 is 2.25 bits per heavy atom. The summed E-state index contributed by atoms with van der Waals surface area (Å²) in [5, 5.41) is 10.8. The van der Waals surface area contributed by atoms with Crippen LogP contribution in [0.2, 0.25) is 0 Å². The molecule has 0 saturated heterocycles. The SMILES string of the molecule is COc1cc([N+](=O)[O-])ccc1S(=O)(=O)Oc1c(C)ccc(C)c1C. The largest absolute Gasteiger partial charge is 0.495 e. The Kier molecular flexibility index (Phi) is 4.79. The summed E-state index contributed by atoms with van der Waals surface area (Å²) in [7, 11) is -2.97. The van der Waals surface area contributed by atoms with E-state index in [2.05, 4.69) is 0 Å². The van der Waals surface area contributed by atoms with Crippen LogP contribution in [0.25, 0.3) is 0 Å². The van der Waals surface area contributed by atoms with Crippen molar-refractivity contribution in [3.05, 3.63) is 57.1 Å². The van der Waals surface area contributed by atoms with Gasteiger partial charge >= 0.3 is 10.1 Å². The molecule has 128 valence electrons. The zero-order chi connectivity index (χ0) is 18.1. The second kappa shape index (κ2) is 6.48. The lowest BCUT2D eigenvalue weighted by molar-refractivity contribution is -0.385. The third-order valence-corrected chi connectivity index (χ3v) is 4.96. The lowest BCUT2D eigenvalue weighted by atomic mass is 10.1. The van der Waals surface area contributed by atoms with Crippen LogP contribution in [0.4, 0.5) is 5.69 Å². The highest BCUT2D eigenvalue weighted by Gasteiger charge is 2.25. The van der Waals surface area contributed by atoms with Crippen molar-refractivity contribution in [2.75, 3.05) is 7.11 Å². The topological polar surface area (TPSA) is 95.7 Å². The average molecular weight is 351 g/mol. The Hall–Kier alpha value is -2.61. The molecule has 0 N–H and O–H groups in total. The van der Waals surface area contributed by atoms with Crippen molar-refractivity contribution in [2.45, 2.75) is 25.7 Å². The minimum absolute atomic E-state index is 0.146. The van der Waals surface area contributed by atoms with Gasteiger partial charge in [-0.05, 0) is 43.5 Å². The Labute approximate surface area is 140 Å². The summed E-state index contributed by atoms with van der Waals surface area (Å²) in [4.78, 5) is 9.92. The van der Waals surface area contributed by atoms with Gasteiger partial charge in [0.05, 0.1) is 18.1 Å². The molecule has 7 nitrogen and oxygen atoms in total. The van der Waals surface area contributed by atoms with Gasteiger partial charge in [0.25, 0.3) is 5.69 Å². The van der Waals surface area contributed by atoms with Crippen molar-refractivity contribution in [3.63, 3.8) is 0 Å². The summed E-state index contributed by atoms with van der Waals surface area (Å²) in [6.45, 7) is 5.35. The molecule has 0 aliphatic carbocycles. The van der Waals surface area contributed by atoms with Crippen LogP contribution in [-0.2, 0) is 10.1 Å². The molecule has 0 aliphatic heterocycles. The lowest BCUT2D eigenvalue weighted by Gasteiger charge is -2.15. The quantitative estimate of drug-likeness (QED) is 0.466. The van der Waals surface area contributed by atoms with E-state index in [1.807, 2.05) is 13.0 Å². The van der Waals surface area contributed by atoms with Crippen LogP contribution < -0.4 is 8.92 Å². The standard InChI is InChI=1S/C16H17NO6S/c1-10-5-6-11(2)16(12(10)3)23-24(20,21)15-8-7-13(17(18)19)9-14(15)22-4/h5-9H,1-4H3. The fraction of sp³-hybridized carbons (Fsp3) is 0.250. The highest BCUT2D eigenvalue weighted by molar-refractivity contribution is 7.87. The van der Waals surface area contributed by atoms with Gasteiger partial charge in [0.15, 0.2) is 0 Å². The first-order valence-corrected chi connectivity index (χ1v) is 8.42. The highest BCUT2D eigenvalue weighted by atomic mass is 32.2. The molecule has 0 aliphatic rings. The average Bonchev–Trinajstić information content (AvgIpc) is 2.54. The van der Waals surface area contributed by atoms with Crippen molar-refractivity contribution in [1.29, 1.82) is 0 Å². The van der Waals surface area contributed by atoms with Gasteiger partial charge in [0, 0.05) is 6.07 Å². The van der Waals surface area contributed by atoms with Gasteiger partial charge < -0.3 is 8.92 Å². The molecule has 0 bridgehead atoms. The molecule has 0 amide bonds. The van der Waals surface area contributed by atoms with Gasteiger partial charge in [0.2, 0.25) is 0 Å². The maximum atomic E-state index is 12.6. The van der Waals surface area contributed by atoms with Crippen LogP contribution in [0.3, 0.4) is 0 Å². The monoisotopic (exact) mass is 351 g/mol. The second-order valence-corrected chi connectivity index (χ2v) is 6.80. The van der Waals surface area contributed by atoms with Crippen molar-refractivity contribution in [2.24, 2.45) is 0 Å². The van der Waals surface area contributed by atoms with E-state index in [1.54, 1.807) is 19.9 Å². The number of hydrogen-bond donors (Lipinski definition) is 0. The number of methoxy groups -OCH3 is 1. The number of rotatable bonds is 5. The molecule has 0 fully saturated rings. The smallest absolute Gasteiger partial charge is 0.342 e.